The standard InChI is InChI=1S/C12H11ClN2/c13-8-1-4-10-11(15-9-2-3-9)5-6-14-12(10)7-8/h1,4-7,9H,2-3H2,(H,14,15). The monoisotopic (exact) mass is 218 g/mol. The lowest BCUT2D eigenvalue weighted by Gasteiger charge is -2.07. The lowest BCUT2D eigenvalue weighted by molar-refractivity contribution is 1.16. The van der Waals surface area contributed by atoms with Crippen molar-refractivity contribution in [2.24, 2.45) is 0 Å². The first kappa shape index (κ1) is 8.98. The van der Waals surface area contributed by atoms with Crippen molar-refractivity contribution >= 4 is 28.2 Å². The molecule has 76 valence electrons. The Hall–Kier alpha value is -1.28. The summed E-state index contributed by atoms with van der Waals surface area (Å²) in [6.07, 6.45) is 4.37. The Balaban J connectivity index is 2.12. The molecule has 0 spiro atoms. The van der Waals surface area contributed by atoms with E-state index in [1.54, 1.807) is 0 Å². The molecule has 0 atom stereocenters. The molecule has 0 radical (unpaired) electrons. The van der Waals surface area contributed by atoms with Crippen LogP contribution in [0.4, 0.5) is 5.69 Å². The Morgan fingerprint density at radius 3 is 2.93 bits per heavy atom. The highest BCUT2D eigenvalue weighted by Gasteiger charge is 2.21. The second-order valence-corrected chi connectivity index (χ2v) is 4.38. The molecule has 1 fully saturated rings. The van der Waals surface area contributed by atoms with Gasteiger partial charge in [0.1, 0.15) is 0 Å². The second kappa shape index (κ2) is 3.38. The van der Waals surface area contributed by atoms with Gasteiger partial charge in [0.2, 0.25) is 0 Å². The second-order valence-electron chi connectivity index (χ2n) is 3.94. The third-order valence-electron chi connectivity index (χ3n) is 2.64. The lowest BCUT2D eigenvalue weighted by Crippen LogP contribution is -2.01. The summed E-state index contributed by atoms with van der Waals surface area (Å²) in [6, 6.07) is 8.51. The molecule has 1 aromatic carbocycles. The first-order valence-corrected chi connectivity index (χ1v) is 5.51. The molecule has 2 aromatic rings. The van der Waals surface area contributed by atoms with E-state index >= 15 is 0 Å². The summed E-state index contributed by atoms with van der Waals surface area (Å²) in [6.45, 7) is 0. The van der Waals surface area contributed by atoms with Gasteiger partial charge in [-0.15, -0.1) is 0 Å². The number of halogens is 1. The molecule has 15 heavy (non-hydrogen) atoms. The van der Waals surface area contributed by atoms with Gasteiger partial charge < -0.3 is 5.32 Å². The van der Waals surface area contributed by atoms with Gasteiger partial charge in [0.25, 0.3) is 0 Å². The van der Waals surface area contributed by atoms with Crippen molar-refractivity contribution in [2.75, 3.05) is 5.32 Å². The summed E-state index contributed by atoms with van der Waals surface area (Å²) in [5.41, 5.74) is 2.12. The van der Waals surface area contributed by atoms with Gasteiger partial charge in [-0.3, -0.25) is 4.98 Å². The van der Waals surface area contributed by atoms with E-state index in [4.69, 9.17) is 11.6 Å². The first-order valence-electron chi connectivity index (χ1n) is 5.14. The van der Waals surface area contributed by atoms with Crippen LogP contribution in [0.15, 0.2) is 30.5 Å². The van der Waals surface area contributed by atoms with Crippen molar-refractivity contribution in [1.29, 1.82) is 0 Å². The molecule has 0 saturated heterocycles. The highest BCUT2D eigenvalue weighted by molar-refractivity contribution is 6.31. The Morgan fingerprint density at radius 1 is 1.27 bits per heavy atom. The Kier molecular flexibility index (Phi) is 2.03. The van der Waals surface area contributed by atoms with Gasteiger partial charge in [0.05, 0.1) is 5.52 Å². The average Bonchev–Trinajstić information content (AvgIpc) is 3.01. The zero-order valence-electron chi connectivity index (χ0n) is 8.20. The van der Waals surface area contributed by atoms with Crippen LogP contribution in [-0.2, 0) is 0 Å². The predicted molar refractivity (Wildman–Crippen MR) is 63.4 cm³/mol. The van der Waals surface area contributed by atoms with Crippen LogP contribution < -0.4 is 5.32 Å². The van der Waals surface area contributed by atoms with E-state index in [1.807, 2.05) is 30.5 Å². The van der Waals surface area contributed by atoms with Crippen LogP contribution in [0.1, 0.15) is 12.8 Å². The summed E-state index contributed by atoms with van der Waals surface area (Å²) in [7, 11) is 0. The molecule has 0 bridgehead atoms. The highest BCUT2D eigenvalue weighted by Crippen LogP contribution is 2.29. The number of pyridine rings is 1. The van der Waals surface area contributed by atoms with E-state index in [2.05, 4.69) is 10.3 Å². The molecule has 1 heterocycles. The number of nitrogens with one attached hydrogen (secondary N) is 1. The van der Waals surface area contributed by atoms with Crippen molar-refractivity contribution in [3.63, 3.8) is 0 Å². The van der Waals surface area contributed by atoms with Crippen molar-refractivity contribution in [2.45, 2.75) is 18.9 Å². The number of benzene rings is 1. The van der Waals surface area contributed by atoms with Gasteiger partial charge in [0.15, 0.2) is 0 Å². The maximum Gasteiger partial charge on any atom is 0.0737 e. The molecule has 1 aliphatic carbocycles. The minimum absolute atomic E-state index is 0.659. The van der Waals surface area contributed by atoms with Crippen LogP contribution >= 0.6 is 11.6 Å². The molecule has 0 aliphatic heterocycles. The fourth-order valence-corrected chi connectivity index (χ4v) is 1.86. The van der Waals surface area contributed by atoms with Crippen molar-refractivity contribution in [1.82, 2.24) is 4.98 Å². The Morgan fingerprint density at radius 2 is 2.13 bits per heavy atom. The summed E-state index contributed by atoms with van der Waals surface area (Å²) in [4.78, 5) is 4.31. The quantitative estimate of drug-likeness (QED) is 0.835. The van der Waals surface area contributed by atoms with Crippen molar-refractivity contribution in [3.05, 3.63) is 35.5 Å². The van der Waals surface area contributed by atoms with E-state index in [9.17, 15) is 0 Å². The van der Waals surface area contributed by atoms with Crippen LogP contribution in [0.5, 0.6) is 0 Å². The minimum Gasteiger partial charge on any atom is -0.382 e. The molecule has 1 aliphatic rings. The van der Waals surface area contributed by atoms with Gasteiger partial charge >= 0.3 is 0 Å². The molecule has 1 N–H and O–H groups in total. The zero-order chi connectivity index (χ0) is 10.3. The number of hydrogen-bond donors (Lipinski definition) is 1. The molecule has 3 rings (SSSR count). The van der Waals surface area contributed by atoms with E-state index in [0.717, 1.165) is 15.9 Å². The maximum absolute atomic E-state index is 5.93. The predicted octanol–water partition coefficient (Wildman–Crippen LogP) is 3.46. The molecule has 0 unspecified atom stereocenters. The third kappa shape index (κ3) is 1.77. The molecule has 3 heteroatoms. The third-order valence-corrected chi connectivity index (χ3v) is 2.88. The first-order chi connectivity index (χ1) is 7.33. The smallest absolute Gasteiger partial charge is 0.0737 e. The lowest BCUT2D eigenvalue weighted by atomic mass is 10.2. The fraction of sp³-hybridized carbons (Fsp3) is 0.250. The summed E-state index contributed by atoms with van der Waals surface area (Å²) >= 11 is 5.93. The van der Waals surface area contributed by atoms with Gasteiger partial charge in [-0.2, -0.15) is 0 Å². The van der Waals surface area contributed by atoms with Crippen LogP contribution in [-0.4, -0.2) is 11.0 Å². The normalized spacial score (nSPS) is 15.5. The van der Waals surface area contributed by atoms with Crippen molar-refractivity contribution < 1.29 is 0 Å². The summed E-state index contributed by atoms with van der Waals surface area (Å²) < 4.78 is 0. The Bertz CT molecular complexity index is 506. The van der Waals surface area contributed by atoms with Gasteiger partial charge in [-0.25, -0.2) is 0 Å². The fourth-order valence-electron chi connectivity index (χ4n) is 1.69. The van der Waals surface area contributed by atoms with E-state index in [-0.39, 0.29) is 0 Å². The number of fused-ring (bicyclic) bond motifs is 1. The minimum atomic E-state index is 0.659. The topological polar surface area (TPSA) is 24.9 Å². The molecule has 2 nitrogen and oxygen atoms in total. The SMILES string of the molecule is Clc1ccc2c(NC3CC3)ccnc2c1. The molecular formula is C12H11ClN2. The van der Waals surface area contributed by atoms with Gasteiger partial charge in [-0.1, -0.05) is 11.6 Å². The zero-order valence-corrected chi connectivity index (χ0v) is 8.96. The van der Waals surface area contributed by atoms with Gasteiger partial charge in [-0.05, 0) is 37.1 Å². The van der Waals surface area contributed by atoms with Crippen LogP contribution in [0.3, 0.4) is 0 Å². The number of rotatable bonds is 2. The number of hydrogen-bond acceptors (Lipinski definition) is 2. The Labute approximate surface area is 93.3 Å². The highest BCUT2D eigenvalue weighted by atomic mass is 35.5. The molecule has 1 saturated carbocycles. The van der Waals surface area contributed by atoms with E-state index in [1.165, 1.54) is 18.5 Å². The van der Waals surface area contributed by atoms with Crippen molar-refractivity contribution in [3.8, 4) is 0 Å². The largest absolute Gasteiger partial charge is 0.382 e. The number of anilines is 1. The maximum atomic E-state index is 5.93. The molecule has 0 amide bonds. The van der Waals surface area contributed by atoms with E-state index in [0.29, 0.717) is 6.04 Å². The van der Waals surface area contributed by atoms with Gasteiger partial charge in [0, 0.05) is 28.3 Å². The molecule has 1 aromatic heterocycles. The number of nitrogens with zero attached hydrogens (tertiary/aromatic N) is 1. The summed E-state index contributed by atoms with van der Waals surface area (Å²) in [5, 5.41) is 5.38. The number of aromatic nitrogens is 1. The van der Waals surface area contributed by atoms with Crippen LogP contribution in [0.2, 0.25) is 5.02 Å². The summed E-state index contributed by atoms with van der Waals surface area (Å²) in [5.74, 6) is 0. The average molecular weight is 219 g/mol. The van der Waals surface area contributed by atoms with Crippen LogP contribution in [0, 0.1) is 0 Å². The molecular weight excluding hydrogens is 208 g/mol. The van der Waals surface area contributed by atoms with E-state index < -0.39 is 0 Å². The van der Waals surface area contributed by atoms with Crippen LogP contribution in [0.25, 0.3) is 10.9 Å².